The fraction of sp³-hybridized carbons (Fsp3) is 0.350. The normalized spacial score (nSPS) is 16.3. The average Bonchev–Trinajstić information content (AvgIpc) is 2.66. The minimum absolute atomic E-state index is 0.129. The zero-order chi connectivity index (χ0) is 19.4. The smallest absolute Gasteiger partial charge is 0.240 e. The van der Waals surface area contributed by atoms with Gasteiger partial charge in [0.1, 0.15) is 12.4 Å². The van der Waals surface area contributed by atoms with Crippen molar-refractivity contribution in [3.63, 3.8) is 0 Å². The van der Waals surface area contributed by atoms with E-state index in [4.69, 9.17) is 4.74 Å². The molecule has 0 radical (unpaired) electrons. The van der Waals surface area contributed by atoms with Crippen molar-refractivity contribution in [2.75, 3.05) is 19.7 Å². The second-order valence-electron chi connectivity index (χ2n) is 6.78. The second kappa shape index (κ2) is 8.10. The molecule has 1 aliphatic heterocycles. The molecule has 27 heavy (non-hydrogen) atoms. The number of hydrogen-bond donors (Lipinski definition) is 2. The van der Waals surface area contributed by atoms with Crippen LogP contribution in [0.25, 0.3) is 0 Å². The molecule has 1 aliphatic rings. The Morgan fingerprint density at radius 2 is 1.93 bits per heavy atom. The molecule has 144 valence electrons. The summed E-state index contributed by atoms with van der Waals surface area (Å²) in [6.07, 6.45) is 0.621. The van der Waals surface area contributed by atoms with Gasteiger partial charge in [0.2, 0.25) is 15.9 Å². The Labute approximate surface area is 160 Å². The molecule has 7 heteroatoms. The van der Waals surface area contributed by atoms with Crippen LogP contribution in [-0.4, -0.2) is 34.0 Å². The lowest BCUT2D eigenvalue weighted by atomic mass is 9.96. The largest absolute Gasteiger partial charge is 0.492 e. The minimum atomic E-state index is -3.60. The van der Waals surface area contributed by atoms with Crippen LogP contribution in [0.1, 0.15) is 16.7 Å². The van der Waals surface area contributed by atoms with Crippen molar-refractivity contribution in [3.8, 4) is 5.75 Å². The van der Waals surface area contributed by atoms with Gasteiger partial charge < -0.3 is 10.1 Å². The number of aryl methyl sites for hydroxylation is 2. The quantitative estimate of drug-likeness (QED) is 0.741. The van der Waals surface area contributed by atoms with Crippen LogP contribution in [-0.2, 0) is 21.2 Å². The van der Waals surface area contributed by atoms with E-state index in [-0.39, 0.29) is 29.8 Å². The first-order valence-electron chi connectivity index (χ1n) is 8.92. The number of nitrogens with one attached hydrogen (secondary N) is 2. The van der Waals surface area contributed by atoms with Gasteiger partial charge in [0.15, 0.2) is 0 Å². The van der Waals surface area contributed by atoms with E-state index in [2.05, 4.69) is 10.0 Å². The summed E-state index contributed by atoms with van der Waals surface area (Å²) in [7, 11) is -3.60. The van der Waals surface area contributed by atoms with Crippen LogP contribution in [0.4, 0.5) is 0 Å². The van der Waals surface area contributed by atoms with Crippen molar-refractivity contribution < 1.29 is 17.9 Å². The number of carbonyl (C=O) groups excluding carboxylic acids is 1. The van der Waals surface area contributed by atoms with Gasteiger partial charge in [-0.3, -0.25) is 4.79 Å². The maximum absolute atomic E-state index is 12.4. The summed E-state index contributed by atoms with van der Waals surface area (Å²) in [5.41, 5.74) is 2.58. The van der Waals surface area contributed by atoms with Crippen molar-refractivity contribution >= 4 is 15.9 Å². The lowest BCUT2D eigenvalue weighted by molar-refractivity contribution is -0.126. The van der Waals surface area contributed by atoms with Gasteiger partial charge in [0.05, 0.1) is 10.8 Å². The van der Waals surface area contributed by atoms with Gasteiger partial charge in [0.25, 0.3) is 0 Å². The molecule has 1 heterocycles. The first-order valence-corrected chi connectivity index (χ1v) is 10.4. The summed E-state index contributed by atoms with van der Waals surface area (Å²) in [4.78, 5) is 12.6. The third kappa shape index (κ3) is 4.67. The predicted molar refractivity (Wildman–Crippen MR) is 103 cm³/mol. The van der Waals surface area contributed by atoms with Crippen LogP contribution in [0.2, 0.25) is 0 Å². The Morgan fingerprint density at radius 3 is 2.74 bits per heavy atom. The Bertz CT molecular complexity index is 941. The molecule has 6 nitrogen and oxygen atoms in total. The minimum Gasteiger partial charge on any atom is -0.492 e. The Hall–Kier alpha value is -2.38. The van der Waals surface area contributed by atoms with Gasteiger partial charge in [0, 0.05) is 13.1 Å². The van der Waals surface area contributed by atoms with Crippen LogP contribution in [0.3, 0.4) is 0 Å². The fourth-order valence-electron chi connectivity index (χ4n) is 3.09. The summed E-state index contributed by atoms with van der Waals surface area (Å²) in [5, 5.41) is 2.79. The highest BCUT2D eigenvalue weighted by Gasteiger charge is 2.25. The number of carbonyl (C=O) groups is 1. The van der Waals surface area contributed by atoms with Crippen molar-refractivity contribution in [2.45, 2.75) is 25.2 Å². The number of hydrogen-bond acceptors (Lipinski definition) is 4. The SMILES string of the molecule is Cc1ccc(C)c(S(=O)(=O)NCCNC(=O)C2COc3ccccc3C2)c1. The van der Waals surface area contributed by atoms with Gasteiger partial charge in [-0.1, -0.05) is 30.3 Å². The first-order chi connectivity index (χ1) is 12.9. The summed E-state index contributed by atoms with van der Waals surface area (Å²) in [5.74, 6) is 0.425. The van der Waals surface area contributed by atoms with Crippen LogP contribution < -0.4 is 14.8 Å². The maximum atomic E-state index is 12.4. The fourth-order valence-corrected chi connectivity index (χ4v) is 4.45. The van der Waals surface area contributed by atoms with E-state index in [0.717, 1.165) is 16.9 Å². The lowest BCUT2D eigenvalue weighted by Gasteiger charge is -2.24. The van der Waals surface area contributed by atoms with E-state index in [1.165, 1.54) is 0 Å². The summed E-state index contributed by atoms with van der Waals surface area (Å²) in [6, 6.07) is 13.0. The molecular weight excluding hydrogens is 364 g/mol. The molecule has 1 atom stereocenters. The topological polar surface area (TPSA) is 84.5 Å². The van der Waals surface area contributed by atoms with Crippen molar-refractivity contribution in [3.05, 3.63) is 59.2 Å². The molecule has 2 aromatic carbocycles. The number of rotatable bonds is 6. The molecule has 0 saturated heterocycles. The summed E-state index contributed by atoms with van der Waals surface area (Å²) >= 11 is 0. The van der Waals surface area contributed by atoms with E-state index in [9.17, 15) is 13.2 Å². The highest BCUT2D eigenvalue weighted by molar-refractivity contribution is 7.89. The third-order valence-corrected chi connectivity index (χ3v) is 6.20. The molecule has 0 aliphatic carbocycles. The maximum Gasteiger partial charge on any atom is 0.240 e. The summed E-state index contributed by atoms with van der Waals surface area (Å²) < 4.78 is 33.1. The van der Waals surface area contributed by atoms with Gasteiger partial charge in [-0.05, 0) is 49.1 Å². The molecule has 0 bridgehead atoms. The molecule has 1 unspecified atom stereocenters. The molecule has 0 aromatic heterocycles. The molecule has 3 rings (SSSR count). The molecule has 0 fully saturated rings. The van der Waals surface area contributed by atoms with Crippen LogP contribution in [0.5, 0.6) is 5.75 Å². The molecular formula is C20H24N2O4S. The van der Waals surface area contributed by atoms with E-state index in [1.54, 1.807) is 19.1 Å². The lowest BCUT2D eigenvalue weighted by Crippen LogP contribution is -2.41. The Morgan fingerprint density at radius 1 is 1.15 bits per heavy atom. The molecule has 2 N–H and O–H groups in total. The Kier molecular flexibility index (Phi) is 5.82. The second-order valence-corrected chi connectivity index (χ2v) is 8.51. The van der Waals surface area contributed by atoms with Gasteiger partial charge in [-0.25, -0.2) is 13.1 Å². The van der Waals surface area contributed by atoms with Crippen LogP contribution in [0.15, 0.2) is 47.4 Å². The number of ether oxygens (including phenoxy) is 1. The number of para-hydroxylation sites is 1. The van der Waals surface area contributed by atoms with E-state index in [0.29, 0.717) is 18.6 Å². The van der Waals surface area contributed by atoms with Crippen molar-refractivity contribution in [2.24, 2.45) is 5.92 Å². The van der Waals surface area contributed by atoms with Crippen LogP contribution in [0, 0.1) is 19.8 Å². The van der Waals surface area contributed by atoms with E-state index >= 15 is 0 Å². The number of fused-ring (bicyclic) bond motifs is 1. The highest BCUT2D eigenvalue weighted by atomic mass is 32.2. The van der Waals surface area contributed by atoms with Crippen molar-refractivity contribution in [1.82, 2.24) is 10.0 Å². The van der Waals surface area contributed by atoms with E-state index in [1.807, 2.05) is 37.3 Å². The molecule has 1 amide bonds. The molecule has 0 saturated carbocycles. The average molecular weight is 388 g/mol. The first kappa shape index (κ1) is 19.4. The highest BCUT2D eigenvalue weighted by Crippen LogP contribution is 2.26. The van der Waals surface area contributed by atoms with Gasteiger partial charge in [-0.2, -0.15) is 0 Å². The number of sulfonamides is 1. The number of benzene rings is 2. The van der Waals surface area contributed by atoms with Gasteiger partial charge in [-0.15, -0.1) is 0 Å². The number of amides is 1. The molecule has 0 spiro atoms. The predicted octanol–water partition coefficient (Wildman–Crippen LogP) is 1.95. The summed E-state index contributed by atoms with van der Waals surface area (Å²) in [6.45, 7) is 4.30. The van der Waals surface area contributed by atoms with E-state index < -0.39 is 10.0 Å². The standard InChI is InChI=1S/C20H24N2O4S/c1-14-7-8-15(2)19(11-14)27(24,25)22-10-9-21-20(23)17-12-16-5-3-4-6-18(16)26-13-17/h3-8,11,17,22H,9-10,12-13H2,1-2H3,(H,21,23). The zero-order valence-corrected chi connectivity index (χ0v) is 16.3. The van der Waals surface area contributed by atoms with Crippen LogP contribution >= 0.6 is 0 Å². The monoisotopic (exact) mass is 388 g/mol. The third-order valence-electron chi connectivity index (χ3n) is 4.60. The van der Waals surface area contributed by atoms with Crippen molar-refractivity contribution in [1.29, 1.82) is 0 Å². The Balaban J connectivity index is 1.50. The molecule has 2 aromatic rings. The van der Waals surface area contributed by atoms with Gasteiger partial charge >= 0.3 is 0 Å². The zero-order valence-electron chi connectivity index (χ0n) is 15.5.